The van der Waals surface area contributed by atoms with E-state index in [9.17, 15) is 9.59 Å². The summed E-state index contributed by atoms with van der Waals surface area (Å²) in [5, 5.41) is 13.9. The first kappa shape index (κ1) is 21.5. The first-order valence-corrected chi connectivity index (χ1v) is 11.4. The smallest absolute Gasteiger partial charge is 0.267 e. The number of hydrogen-bond acceptors (Lipinski definition) is 7. The van der Waals surface area contributed by atoms with E-state index in [-0.39, 0.29) is 22.0 Å². The number of benzene rings is 1. The molecule has 2 N–H and O–H groups in total. The molecule has 0 atom stereocenters. The van der Waals surface area contributed by atoms with E-state index in [4.69, 9.17) is 10.1 Å². The molecule has 0 radical (unpaired) electrons. The summed E-state index contributed by atoms with van der Waals surface area (Å²) in [6.07, 6.45) is 3.79. The van der Waals surface area contributed by atoms with Gasteiger partial charge in [0.05, 0.1) is 18.1 Å². The number of anilines is 1. The maximum atomic E-state index is 13.3. The number of nitrogens with zero attached hydrogens (tertiary/aromatic N) is 4. The molecule has 1 aromatic carbocycles. The topological polar surface area (TPSA) is 114 Å². The van der Waals surface area contributed by atoms with Crippen molar-refractivity contribution in [2.24, 2.45) is 0 Å². The quantitative estimate of drug-likeness (QED) is 0.369. The SMILES string of the molecule is COc1ccc(CCn2c(=N)c(C(=O)Nc3nccs3)cc3c(=O)n4ccccc4nc32)cc1. The summed E-state index contributed by atoms with van der Waals surface area (Å²) >= 11 is 1.28. The lowest BCUT2D eigenvalue weighted by molar-refractivity contribution is 0.102. The second-order valence-electron chi connectivity index (χ2n) is 7.53. The largest absolute Gasteiger partial charge is 0.497 e. The third kappa shape index (κ3) is 3.95. The Balaban J connectivity index is 1.65. The number of amides is 1. The molecule has 9 nitrogen and oxygen atoms in total. The number of aromatic nitrogens is 4. The van der Waals surface area contributed by atoms with Crippen molar-refractivity contribution in [3.8, 4) is 5.75 Å². The van der Waals surface area contributed by atoms with Gasteiger partial charge in [-0.1, -0.05) is 18.2 Å². The van der Waals surface area contributed by atoms with E-state index < -0.39 is 5.91 Å². The van der Waals surface area contributed by atoms with E-state index in [1.54, 1.807) is 47.6 Å². The van der Waals surface area contributed by atoms with Crippen LogP contribution >= 0.6 is 11.3 Å². The molecular formula is C24H20N6O3S. The van der Waals surface area contributed by atoms with E-state index >= 15 is 0 Å². The number of thiazole rings is 1. The molecule has 4 heterocycles. The number of aryl methyl sites for hydroxylation is 2. The number of hydrogen-bond donors (Lipinski definition) is 2. The molecule has 5 rings (SSSR count). The molecule has 0 saturated heterocycles. The molecule has 0 bridgehead atoms. The third-order valence-corrected chi connectivity index (χ3v) is 6.19. The Labute approximate surface area is 197 Å². The summed E-state index contributed by atoms with van der Waals surface area (Å²) < 4.78 is 8.27. The highest BCUT2D eigenvalue weighted by Crippen LogP contribution is 2.16. The van der Waals surface area contributed by atoms with Crippen LogP contribution in [0.4, 0.5) is 5.13 Å². The number of fused-ring (bicyclic) bond motifs is 2. The van der Waals surface area contributed by atoms with Crippen molar-refractivity contribution in [3.63, 3.8) is 0 Å². The molecule has 0 spiro atoms. The molecule has 0 unspecified atom stereocenters. The van der Waals surface area contributed by atoms with Gasteiger partial charge in [-0.3, -0.25) is 24.7 Å². The van der Waals surface area contributed by atoms with Gasteiger partial charge in [-0.15, -0.1) is 11.3 Å². The molecule has 4 aromatic heterocycles. The van der Waals surface area contributed by atoms with Crippen molar-refractivity contribution in [1.29, 1.82) is 5.41 Å². The highest BCUT2D eigenvalue weighted by Gasteiger charge is 2.18. The van der Waals surface area contributed by atoms with Crippen molar-refractivity contribution in [2.45, 2.75) is 13.0 Å². The predicted octanol–water partition coefficient (Wildman–Crippen LogP) is 3.09. The average Bonchev–Trinajstić information content (AvgIpc) is 3.37. The minimum absolute atomic E-state index is 0.0257. The van der Waals surface area contributed by atoms with Gasteiger partial charge in [0.2, 0.25) is 0 Å². The molecule has 10 heteroatoms. The number of pyridine rings is 2. The molecule has 5 aromatic rings. The van der Waals surface area contributed by atoms with Crippen LogP contribution in [-0.2, 0) is 13.0 Å². The molecule has 170 valence electrons. The third-order valence-electron chi connectivity index (χ3n) is 5.50. The van der Waals surface area contributed by atoms with Crippen molar-refractivity contribution in [1.82, 2.24) is 18.9 Å². The van der Waals surface area contributed by atoms with Crippen molar-refractivity contribution in [3.05, 3.63) is 93.3 Å². The number of nitrogens with one attached hydrogen (secondary N) is 2. The monoisotopic (exact) mass is 472 g/mol. The van der Waals surface area contributed by atoms with Crippen LogP contribution in [0, 0.1) is 5.41 Å². The van der Waals surface area contributed by atoms with Crippen molar-refractivity contribution >= 4 is 39.1 Å². The Bertz CT molecular complexity index is 1620. The molecule has 34 heavy (non-hydrogen) atoms. The van der Waals surface area contributed by atoms with Gasteiger partial charge in [0.25, 0.3) is 11.5 Å². The summed E-state index contributed by atoms with van der Waals surface area (Å²) in [6, 6.07) is 14.4. The summed E-state index contributed by atoms with van der Waals surface area (Å²) in [5.41, 5.74) is 1.60. The standard InChI is InChI=1S/C24H20N6O3S/c1-33-16-7-5-15(6-8-16)9-12-30-20(25)17(22(31)28-24-26-10-13-34-24)14-18-21(30)27-19-4-2-3-11-29(19)23(18)32/h2-8,10-11,13-14,25H,9,12H2,1H3,(H,26,28,31). The van der Waals surface area contributed by atoms with E-state index in [2.05, 4.69) is 15.3 Å². The van der Waals surface area contributed by atoms with E-state index in [1.807, 2.05) is 24.3 Å². The fourth-order valence-corrected chi connectivity index (χ4v) is 4.28. The van der Waals surface area contributed by atoms with Crippen LogP contribution in [0.15, 0.2) is 71.1 Å². The fourth-order valence-electron chi connectivity index (χ4n) is 3.76. The van der Waals surface area contributed by atoms with E-state index in [0.717, 1.165) is 11.3 Å². The van der Waals surface area contributed by atoms with Crippen molar-refractivity contribution in [2.75, 3.05) is 12.4 Å². The van der Waals surface area contributed by atoms with Gasteiger partial charge >= 0.3 is 0 Å². The number of methoxy groups -OCH3 is 1. The first-order chi connectivity index (χ1) is 16.5. The number of ether oxygens (including phenoxy) is 1. The maximum Gasteiger partial charge on any atom is 0.267 e. The number of carbonyl (C=O) groups excluding carboxylic acids is 1. The van der Waals surface area contributed by atoms with Crippen LogP contribution in [0.5, 0.6) is 5.75 Å². The Morgan fingerprint density at radius 3 is 2.76 bits per heavy atom. The lowest BCUT2D eigenvalue weighted by Crippen LogP contribution is -2.32. The number of rotatable bonds is 6. The summed E-state index contributed by atoms with van der Waals surface area (Å²) in [6.45, 7) is 0.357. The zero-order valence-corrected chi connectivity index (χ0v) is 19.0. The summed E-state index contributed by atoms with van der Waals surface area (Å²) in [5.74, 6) is 0.252. The van der Waals surface area contributed by atoms with E-state index in [1.165, 1.54) is 21.8 Å². The summed E-state index contributed by atoms with van der Waals surface area (Å²) in [7, 11) is 1.61. The normalized spacial score (nSPS) is 11.1. The zero-order valence-electron chi connectivity index (χ0n) is 18.2. The average molecular weight is 473 g/mol. The summed E-state index contributed by atoms with van der Waals surface area (Å²) in [4.78, 5) is 35.0. The van der Waals surface area contributed by atoms with Crippen LogP contribution in [0.2, 0.25) is 0 Å². The van der Waals surface area contributed by atoms with Gasteiger partial charge < -0.3 is 9.30 Å². The lowest BCUT2D eigenvalue weighted by atomic mass is 10.1. The second kappa shape index (κ2) is 8.91. The second-order valence-corrected chi connectivity index (χ2v) is 8.43. The van der Waals surface area contributed by atoms with Gasteiger partial charge in [0, 0.05) is 24.3 Å². The molecule has 0 aliphatic rings. The minimum Gasteiger partial charge on any atom is -0.497 e. The highest BCUT2D eigenvalue weighted by atomic mass is 32.1. The van der Waals surface area contributed by atoms with Gasteiger partial charge in [-0.2, -0.15) is 0 Å². The minimum atomic E-state index is -0.502. The fraction of sp³-hybridized carbons (Fsp3) is 0.125. The highest BCUT2D eigenvalue weighted by molar-refractivity contribution is 7.13. The van der Waals surface area contributed by atoms with Gasteiger partial charge in [-0.25, -0.2) is 9.97 Å². The Hall–Kier alpha value is -4.31. The maximum absolute atomic E-state index is 13.3. The van der Waals surface area contributed by atoms with Gasteiger partial charge in [0.1, 0.15) is 22.5 Å². The molecule has 0 aliphatic carbocycles. The van der Waals surface area contributed by atoms with Crippen molar-refractivity contribution < 1.29 is 9.53 Å². The molecule has 1 amide bonds. The van der Waals surface area contributed by atoms with Gasteiger partial charge in [0.15, 0.2) is 5.13 Å². The Kier molecular flexibility index (Phi) is 5.64. The van der Waals surface area contributed by atoms with Crippen LogP contribution in [0.1, 0.15) is 15.9 Å². The van der Waals surface area contributed by atoms with Crippen LogP contribution in [0.3, 0.4) is 0 Å². The molecule has 0 aliphatic heterocycles. The van der Waals surface area contributed by atoms with Crippen LogP contribution in [0.25, 0.3) is 16.7 Å². The lowest BCUT2D eigenvalue weighted by Gasteiger charge is -2.14. The zero-order chi connectivity index (χ0) is 23.7. The molecule has 0 fully saturated rings. The Morgan fingerprint density at radius 2 is 2.03 bits per heavy atom. The van der Waals surface area contributed by atoms with E-state index in [0.29, 0.717) is 29.4 Å². The Morgan fingerprint density at radius 1 is 1.21 bits per heavy atom. The molecule has 0 saturated carbocycles. The number of carbonyl (C=O) groups is 1. The van der Waals surface area contributed by atoms with Crippen LogP contribution in [-0.4, -0.2) is 32.0 Å². The first-order valence-electron chi connectivity index (χ1n) is 10.5. The van der Waals surface area contributed by atoms with Gasteiger partial charge in [-0.05, 0) is 42.3 Å². The predicted molar refractivity (Wildman–Crippen MR) is 130 cm³/mol. The van der Waals surface area contributed by atoms with Crippen LogP contribution < -0.4 is 21.1 Å². The molecular weight excluding hydrogens is 452 g/mol.